The number of benzene rings is 1. The zero-order chi connectivity index (χ0) is 15.1. The molecule has 1 atom stereocenters. The smallest absolute Gasteiger partial charge is 0.0642 e. The van der Waals surface area contributed by atoms with Crippen LogP contribution in [0.15, 0.2) is 18.2 Å². The van der Waals surface area contributed by atoms with E-state index in [1.165, 1.54) is 5.56 Å². The van der Waals surface area contributed by atoms with Crippen molar-refractivity contribution in [2.45, 2.75) is 26.8 Å². The van der Waals surface area contributed by atoms with Crippen LogP contribution in [-0.4, -0.2) is 33.9 Å². The van der Waals surface area contributed by atoms with Crippen molar-refractivity contribution in [1.82, 2.24) is 5.32 Å². The Kier molecular flexibility index (Phi) is 7.35. The van der Waals surface area contributed by atoms with Crippen LogP contribution in [0, 0.1) is 5.92 Å². The molecule has 0 amide bonds. The van der Waals surface area contributed by atoms with Gasteiger partial charge in [-0.1, -0.05) is 31.5 Å². The van der Waals surface area contributed by atoms with Crippen molar-refractivity contribution in [1.29, 1.82) is 0 Å². The van der Waals surface area contributed by atoms with Crippen LogP contribution in [0.4, 0.5) is 5.69 Å². The van der Waals surface area contributed by atoms with Crippen molar-refractivity contribution in [3.05, 3.63) is 28.8 Å². The molecular formula is C16H27ClN2O. The van der Waals surface area contributed by atoms with Gasteiger partial charge in [-0.05, 0) is 37.6 Å². The second-order valence-corrected chi connectivity index (χ2v) is 5.96. The number of methoxy groups -OCH3 is 1. The van der Waals surface area contributed by atoms with Gasteiger partial charge in [-0.25, -0.2) is 0 Å². The highest BCUT2D eigenvalue weighted by Crippen LogP contribution is 2.29. The Labute approximate surface area is 128 Å². The van der Waals surface area contributed by atoms with Gasteiger partial charge in [0.25, 0.3) is 0 Å². The lowest BCUT2D eigenvalue weighted by Gasteiger charge is -2.28. The van der Waals surface area contributed by atoms with Crippen molar-refractivity contribution < 1.29 is 4.74 Å². The Morgan fingerprint density at radius 2 is 2.00 bits per heavy atom. The molecule has 1 rings (SSSR count). The summed E-state index contributed by atoms with van der Waals surface area (Å²) in [5, 5.41) is 4.04. The fourth-order valence-electron chi connectivity index (χ4n) is 2.17. The van der Waals surface area contributed by atoms with E-state index in [-0.39, 0.29) is 0 Å². The van der Waals surface area contributed by atoms with Crippen LogP contribution >= 0.6 is 11.6 Å². The fourth-order valence-corrected chi connectivity index (χ4v) is 2.48. The number of anilines is 1. The Bertz CT molecular complexity index is 409. The predicted octanol–water partition coefficient (Wildman–Crippen LogP) is 3.73. The van der Waals surface area contributed by atoms with Gasteiger partial charge in [0.1, 0.15) is 0 Å². The molecule has 0 radical (unpaired) electrons. The van der Waals surface area contributed by atoms with E-state index in [2.05, 4.69) is 49.2 Å². The van der Waals surface area contributed by atoms with Gasteiger partial charge in [-0.15, -0.1) is 0 Å². The van der Waals surface area contributed by atoms with Crippen molar-refractivity contribution in [2.75, 3.05) is 38.8 Å². The van der Waals surface area contributed by atoms with E-state index in [0.717, 1.165) is 23.8 Å². The molecule has 1 aromatic rings. The normalized spacial score (nSPS) is 12.8. The van der Waals surface area contributed by atoms with E-state index >= 15 is 0 Å². The number of nitrogens with one attached hydrogen (secondary N) is 1. The minimum absolute atomic E-state index is 0.305. The Balaban J connectivity index is 2.95. The third-order valence-electron chi connectivity index (χ3n) is 3.40. The second kappa shape index (κ2) is 8.50. The highest BCUT2D eigenvalue weighted by Gasteiger charge is 2.13. The van der Waals surface area contributed by atoms with E-state index in [0.29, 0.717) is 18.6 Å². The average molecular weight is 299 g/mol. The molecule has 0 aliphatic rings. The second-order valence-electron chi connectivity index (χ2n) is 5.55. The average Bonchev–Trinajstić information content (AvgIpc) is 2.42. The Morgan fingerprint density at radius 1 is 1.30 bits per heavy atom. The molecule has 0 fully saturated rings. The molecule has 0 saturated heterocycles. The molecule has 20 heavy (non-hydrogen) atoms. The molecule has 1 aromatic carbocycles. The van der Waals surface area contributed by atoms with Crippen LogP contribution < -0.4 is 10.2 Å². The predicted molar refractivity (Wildman–Crippen MR) is 87.9 cm³/mol. The van der Waals surface area contributed by atoms with E-state index in [9.17, 15) is 0 Å². The third-order valence-corrected chi connectivity index (χ3v) is 3.70. The Hall–Kier alpha value is -0.770. The van der Waals surface area contributed by atoms with Crippen molar-refractivity contribution in [3.8, 4) is 0 Å². The summed E-state index contributed by atoms with van der Waals surface area (Å²) in [7, 11) is 3.68. The molecule has 0 heterocycles. The molecule has 0 aromatic heterocycles. The monoisotopic (exact) mass is 298 g/mol. The first kappa shape index (κ1) is 17.3. The van der Waals surface area contributed by atoms with E-state index in [1.807, 2.05) is 7.05 Å². The quantitative estimate of drug-likeness (QED) is 0.791. The summed E-state index contributed by atoms with van der Waals surface area (Å²) < 4.78 is 5.20. The molecule has 4 heteroatoms. The number of ether oxygens (including phenoxy) is 1. The summed E-state index contributed by atoms with van der Waals surface area (Å²) >= 11 is 6.48. The number of hydrogen-bond acceptors (Lipinski definition) is 3. The molecule has 1 unspecified atom stereocenters. The fraction of sp³-hybridized carbons (Fsp3) is 0.625. The third kappa shape index (κ3) is 4.97. The van der Waals surface area contributed by atoms with E-state index < -0.39 is 0 Å². The Morgan fingerprint density at radius 3 is 2.50 bits per heavy atom. The van der Waals surface area contributed by atoms with E-state index in [1.54, 1.807) is 7.11 Å². The summed E-state index contributed by atoms with van der Waals surface area (Å²) in [6, 6.07) is 6.61. The van der Waals surface area contributed by atoms with Gasteiger partial charge in [0.05, 0.1) is 17.3 Å². The standard InChI is InChI=1S/C16H27ClN2O/c1-12(2)11-19(8-9-20-5)16-7-6-14(10-15(16)17)13(3)18-4/h6-7,10,12-13,18H,8-9,11H2,1-5H3. The number of hydrogen-bond donors (Lipinski definition) is 1. The van der Waals surface area contributed by atoms with Crippen LogP contribution in [0.25, 0.3) is 0 Å². The molecule has 3 nitrogen and oxygen atoms in total. The SMILES string of the molecule is CNC(C)c1ccc(N(CCOC)CC(C)C)c(Cl)c1. The van der Waals surface area contributed by atoms with E-state index in [4.69, 9.17) is 16.3 Å². The van der Waals surface area contributed by atoms with Crippen molar-refractivity contribution in [2.24, 2.45) is 5.92 Å². The summed E-state index contributed by atoms with van der Waals surface area (Å²) in [4.78, 5) is 2.30. The van der Waals surface area contributed by atoms with Crippen LogP contribution in [0.5, 0.6) is 0 Å². The topological polar surface area (TPSA) is 24.5 Å². The number of nitrogens with zero attached hydrogens (tertiary/aromatic N) is 1. The maximum Gasteiger partial charge on any atom is 0.0642 e. The number of halogens is 1. The van der Waals surface area contributed by atoms with Crippen LogP contribution in [-0.2, 0) is 4.74 Å². The summed E-state index contributed by atoms with van der Waals surface area (Å²) in [5.74, 6) is 0.582. The highest BCUT2D eigenvalue weighted by molar-refractivity contribution is 6.33. The zero-order valence-corrected chi connectivity index (χ0v) is 14.0. The van der Waals surface area contributed by atoms with Gasteiger partial charge in [-0.2, -0.15) is 0 Å². The van der Waals surface area contributed by atoms with Gasteiger partial charge in [0.15, 0.2) is 0 Å². The molecule has 0 bridgehead atoms. The molecule has 114 valence electrons. The van der Waals surface area contributed by atoms with Gasteiger partial charge in [-0.3, -0.25) is 0 Å². The molecule has 1 N–H and O–H groups in total. The first-order valence-electron chi connectivity index (χ1n) is 7.20. The first-order valence-corrected chi connectivity index (χ1v) is 7.58. The molecule has 0 aliphatic carbocycles. The van der Waals surface area contributed by atoms with Crippen LogP contribution in [0.1, 0.15) is 32.4 Å². The molecule has 0 spiro atoms. The van der Waals surface area contributed by atoms with Gasteiger partial charge < -0.3 is 15.0 Å². The summed E-state index contributed by atoms with van der Waals surface area (Å²) in [6.45, 7) is 9.09. The van der Waals surface area contributed by atoms with Gasteiger partial charge in [0, 0.05) is 26.2 Å². The van der Waals surface area contributed by atoms with Crippen LogP contribution in [0.3, 0.4) is 0 Å². The minimum atomic E-state index is 0.305. The van der Waals surface area contributed by atoms with Crippen LogP contribution in [0.2, 0.25) is 5.02 Å². The van der Waals surface area contributed by atoms with Crippen molar-refractivity contribution >= 4 is 17.3 Å². The maximum atomic E-state index is 6.48. The number of rotatable bonds is 8. The van der Waals surface area contributed by atoms with Crippen molar-refractivity contribution in [3.63, 3.8) is 0 Å². The first-order chi connectivity index (χ1) is 9.49. The highest BCUT2D eigenvalue weighted by atomic mass is 35.5. The molecular weight excluding hydrogens is 272 g/mol. The minimum Gasteiger partial charge on any atom is -0.383 e. The largest absolute Gasteiger partial charge is 0.383 e. The van der Waals surface area contributed by atoms with Gasteiger partial charge >= 0.3 is 0 Å². The zero-order valence-electron chi connectivity index (χ0n) is 13.2. The molecule has 0 saturated carbocycles. The van der Waals surface area contributed by atoms with Gasteiger partial charge in [0.2, 0.25) is 0 Å². The lowest BCUT2D eigenvalue weighted by Crippen LogP contribution is -2.31. The molecule has 0 aliphatic heterocycles. The summed E-state index contributed by atoms with van der Waals surface area (Å²) in [5.41, 5.74) is 2.29. The summed E-state index contributed by atoms with van der Waals surface area (Å²) in [6.07, 6.45) is 0. The lowest BCUT2D eigenvalue weighted by atomic mass is 10.1. The lowest BCUT2D eigenvalue weighted by molar-refractivity contribution is 0.204. The maximum absolute atomic E-state index is 6.48.